The molecule has 0 spiro atoms. The fraction of sp³-hybridized carbons (Fsp3) is 0. The van der Waals surface area contributed by atoms with E-state index in [-0.39, 0.29) is 17.5 Å². The lowest BCUT2D eigenvalue weighted by Crippen LogP contribution is -2.14. The van der Waals surface area contributed by atoms with Crippen molar-refractivity contribution in [2.45, 2.75) is 0 Å². The summed E-state index contributed by atoms with van der Waals surface area (Å²) in [6.07, 6.45) is 2.85. The SMILES string of the molecule is FB(F)O/C(=N/c1ccccn1)c1ccco1. The van der Waals surface area contributed by atoms with Crippen LogP contribution in [0.3, 0.4) is 0 Å². The van der Waals surface area contributed by atoms with Gasteiger partial charge in [0.2, 0.25) is 5.90 Å². The summed E-state index contributed by atoms with van der Waals surface area (Å²) in [5, 5.41) is 0. The third-order valence-corrected chi connectivity index (χ3v) is 1.80. The number of rotatable bonds is 3. The first kappa shape index (κ1) is 11.3. The van der Waals surface area contributed by atoms with Crippen LogP contribution in [0.4, 0.5) is 14.4 Å². The van der Waals surface area contributed by atoms with E-state index in [0.717, 1.165) is 0 Å². The van der Waals surface area contributed by atoms with Gasteiger partial charge in [0, 0.05) is 6.20 Å². The molecule has 0 bridgehead atoms. The zero-order valence-electron chi connectivity index (χ0n) is 8.59. The Morgan fingerprint density at radius 1 is 1.29 bits per heavy atom. The molecule has 0 aliphatic heterocycles. The smallest absolute Gasteiger partial charge is 0.488 e. The van der Waals surface area contributed by atoms with Crippen LogP contribution < -0.4 is 0 Å². The van der Waals surface area contributed by atoms with Crippen molar-refractivity contribution >= 4 is 19.2 Å². The molecule has 0 atom stereocenters. The summed E-state index contributed by atoms with van der Waals surface area (Å²) in [6.45, 7) is 0. The van der Waals surface area contributed by atoms with E-state index in [1.807, 2.05) is 0 Å². The van der Waals surface area contributed by atoms with Crippen LogP contribution in [0.1, 0.15) is 5.76 Å². The molecule has 0 aliphatic carbocycles. The standard InChI is InChI=1S/C10H7BF2N2O2/c12-11(13)17-10(8-4-3-7-16-8)15-9-5-1-2-6-14-9/h1-7H/b15-10+. The molecule has 4 nitrogen and oxygen atoms in total. The van der Waals surface area contributed by atoms with Crippen LogP contribution in [0.5, 0.6) is 0 Å². The summed E-state index contributed by atoms with van der Waals surface area (Å²) in [5.74, 6) is 0.0826. The molecule has 2 aromatic heterocycles. The lowest BCUT2D eigenvalue weighted by Gasteiger charge is -2.03. The van der Waals surface area contributed by atoms with Crippen LogP contribution in [-0.2, 0) is 4.65 Å². The average Bonchev–Trinajstić information content (AvgIpc) is 2.82. The molecule has 86 valence electrons. The topological polar surface area (TPSA) is 47.6 Å². The Balaban J connectivity index is 2.31. The van der Waals surface area contributed by atoms with Gasteiger partial charge in [0.05, 0.1) is 6.26 Å². The van der Waals surface area contributed by atoms with Crippen LogP contribution in [-0.4, -0.2) is 18.4 Å². The number of hydrogen-bond acceptors (Lipinski definition) is 4. The first-order valence-corrected chi connectivity index (χ1v) is 4.74. The highest BCUT2D eigenvalue weighted by Crippen LogP contribution is 2.12. The maximum absolute atomic E-state index is 12.2. The molecule has 0 radical (unpaired) electrons. The molecule has 0 aromatic carbocycles. The second kappa shape index (κ2) is 5.24. The van der Waals surface area contributed by atoms with Crippen molar-refractivity contribution < 1.29 is 17.7 Å². The number of furan rings is 1. The first-order chi connectivity index (χ1) is 8.25. The quantitative estimate of drug-likeness (QED) is 0.467. The van der Waals surface area contributed by atoms with E-state index in [1.165, 1.54) is 18.5 Å². The normalized spacial score (nSPS) is 11.3. The highest BCUT2D eigenvalue weighted by molar-refractivity contribution is 6.38. The molecule has 17 heavy (non-hydrogen) atoms. The molecule has 0 aliphatic rings. The monoisotopic (exact) mass is 236 g/mol. The molecule has 0 saturated heterocycles. The van der Waals surface area contributed by atoms with Gasteiger partial charge in [0.25, 0.3) is 0 Å². The Kier molecular flexibility index (Phi) is 3.49. The summed E-state index contributed by atoms with van der Waals surface area (Å²) >= 11 is 0. The fourth-order valence-electron chi connectivity index (χ4n) is 1.15. The molecule has 2 heterocycles. The van der Waals surface area contributed by atoms with E-state index in [9.17, 15) is 8.63 Å². The van der Waals surface area contributed by atoms with Crippen LogP contribution in [0, 0.1) is 0 Å². The van der Waals surface area contributed by atoms with E-state index in [2.05, 4.69) is 14.6 Å². The van der Waals surface area contributed by atoms with Crippen molar-refractivity contribution in [2.75, 3.05) is 0 Å². The lowest BCUT2D eigenvalue weighted by atomic mass is 10.3. The van der Waals surface area contributed by atoms with E-state index >= 15 is 0 Å². The van der Waals surface area contributed by atoms with Crippen LogP contribution in [0.15, 0.2) is 52.2 Å². The number of nitrogens with zero attached hydrogens (tertiary/aromatic N) is 2. The zero-order valence-corrected chi connectivity index (χ0v) is 8.59. The summed E-state index contributed by atoms with van der Waals surface area (Å²) in [7, 11) is -2.97. The molecule has 0 amide bonds. The maximum Gasteiger partial charge on any atom is 0.797 e. The van der Waals surface area contributed by atoms with Crippen LogP contribution in [0.25, 0.3) is 0 Å². The Bertz CT molecular complexity index is 488. The minimum absolute atomic E-state index is 0.121. The van der Waals surface area contributed by atoms with Gasteiger partial charge < -0.3 is 9.07 Å². The Morgan fingerprint density at radius 2 is 2.18 bits per heavy atom. The number of aromatic nitrogens is 1. The molecule has 2 rings (SSSR count). The highest BCUT2D eigenvalue weighted by Gasteiger charge is 2.23. The maximum atomic E-state index is 12.2. The molecule has 0 unspecified atom stereocenters. The van der Waals surface area contributed by atoms with Gasteiger partial charge in [-0.25, -0.2) is 13.6 Å². The minimum atomic E-state index is -2.97. The molecule has 0 N–H and O–H groups in total. The molecule has 2 aromatic rings. The van der Waals surface area contributed by atoms with Gasteiger partial charge in [-0.2, -0.15) is 4.99 Å². The summed E-state index contributed by atoms with van der Waals surface area (Å²) < 4.78 is 33.7. The third kappa shape index (κ3) is 3.14. The third-order valence-electron chi connectivity index (χ3n) is 1.80. The van der Waals surface area contributed by atoms with Gasteiger partial charge >= 0.3 is 7.47 Å². The molecule has 0 fully saturated rings. The number of hydrogen-bond donors (Lipinski definition) is 0. The van der Waals surface area contributed by atoms with Crippen molar-refractivity contribution in [3.05, 3.63) is 48.6 Å². The predicted octanol–water partition coefficient (Wildman–Crippen LogP) is 2.69. The van der Waals surface area contributed by atoms with Gasteiger partial charge in [-0.1, -0.05) is 6.07 Å². The number of halogens is 2. The Morgan fingerprint density at radius 3 is 2.76 bits per heavy atom. The number of pyridine rings is 1. The second-order valence-electron chi connectivity index (χ2n) is 2.96. The second-order valence-corrected chi connectivity index (χ2v) is 2.96. The molecular weight excluding hydrogens is 229 g/mol. The lowest BCUT2D eigenvalue weighted by molar-refractivity contribution is 0.407. The molecule has 7 heteroatoms. The first-order valence-electron chi connectivity index (χ1n) is 4.74. The van der Waals surface area contributed by atoms with E-state index in [4.69, 9.17) is 4.42 Å². The van der Waals surface area contributed by atoms with Gasteiger partial charge in [-0.15, -0.1) is 0 Å². The van der Waals surface area contributed by atoms with E-state index in [0.29, 0.717) is 0 Å². The average molecular weight is 236 g/mol. The molecular formula is C10H7BF2N2O2. The summed E-state index contributed by atoms with van der Waals surface area (Å²) in [5.41, 5.74) is 0. The highest BCUT2D eigenvalue weighted by atomic mass is 19.2. The van der Waals surface area contributed by atoms with Crippen LogP contribution in [0.2, 0.25) is 0 Å². The van der Waals surface area contributed by atoms with Gasteiger partial charge in [-0.05, 0) is 24.3 Å². The molecule has 0 saturated carbocycles. The zero-order chi connectivity index (χ0) is 12.1. The fourth-order valence-corrected chi connectivity index (χ4v) is 1.15. The van der Waals surface area contributed by atoms with Crippen molar-refractivity contribution in [3.63, 3.8) is 0 Å². The Hall–Kier alpha value is -2.18. The van der Waals surface area contributed by atoms with Crippen molar-refractivity contribution in [2.24, 2.45) is 4.99 Å². The Labute approximate surface area is 96.2 Å². The van der Waals surface area contributed by atoms with Crippen molar-refractivity contribution in [3.8, 4) is 0 Å². The largest absolute Gasteiger partial charge is 0.797 e. The summed E-state index contributed by atoms with van der Waals surface area (Å²) in [4.78, 5) is 7.73. The predicted molar refractivity (Wildman–Crippen MR) is 58.2 cm³/mol. The van der Waals surface area contributed by atoms with Gasteiger partial charge in [0.1, 0.15) is 0 Å². The van der Waals surface area contributed by atoms with Gasteiger partial charge in [-0.3, -0.25) is 0 Å². The van der Waals surface area contributed by atoms with E-state index < -0.39 is 7.47 Å². The van der Waals surface area contributed by atoms with Crippen molar-refractivity contribution in [1.29, 1.82) is 0 Å². The summed E-state index contributed by atoms with van der Waals surface area (Å²) in [6, 6.07) is 7.98. The van der Waals surface area contributed by atoms with Gasteiger partial charge in [0.15, 0.2) is 11.6 Å². The number of aliphatic imine (C=N–C) groups is 1. The van der Waals surface area contributed by atoms with Crippen molar-refractivity contribution in [1.82, 2.24) is 4.98 Å². The van der Waals surface area contributed by atoms with Crippen LogP contribution >= 0.6 is 0 Å². The minimum Gasteiger partial charge on any atom is -0.488 e. The van der Waals surface area contributed by atoms with E-state index in [1.54, 1.807) is 24.3 Å².